The van der Waals surface area contributed by atoms with E-state index in [0.717, 1.165) is 17.9 Å². The molecule has 0 aliphatic carbocycles. The lowest BCUT2D eigenvalue weighted by molar-refractivity contribution is 0.353. The number of hydrogen-bond acceptors (Lipinski definition) is 3. The molecule has 80 valence electrons. The van der Waals surface area contributed by atoms with Gasteiger partial charge in [-0.2, -0.15) is 0 Å². The van der Waals surface area contributed by atoms with Crippen LogP contribution in [0, 0.1) is 0 Å². The lowest BCUT2D eigenvalue weighted by Crippen LogP contribution is -2.14. The van der Waals surface area contributed by atoms with E-state index in [1.54, 1.807) is 0 Å². The molecule has 0 unspecified atom stereocenters. The highest BCUT2D eigenvalue weighted by atomic mass is 16.5. The van der Waals surface area contributed by atoms with Gasteiger partial charge in [-0.1, -0.05) is 18.2 Å². The van der Waals surface area contributed by atoms with Crippen molar-refractivity contribution in [1.82, 2.24) is 0 Å². The quantitative estimate of drug-likeness (QED) is 0.816. The van der Waals surface area contributed by atoms with Gasteiger partial charge in [0, 0.05) is 7.05 Å². The van der Waals surface area contributed by atoms with Crippen molar-refractivity contribution in [2.45, 2.75) is 6.42 Å². The molecule has 1 aromatic carbocycles. The molecule has 0 bridgehead atoms. The average molecular weight is 204 g/mol. The van der Waals surface area contributed by atoms with Crippen molar-refractivity contribution < 1.29 is 4.74 Å². The Hall–Kier alpha value is -1.48. The van der Waals surface area contributed by atoms with Gasteiger partial charge in [0.1, 0.15) is 5.75 Å². The molecular weight excluding hydrogens is 188 g/mol. The van der Waals surface area contributed by atoms with E-state index in [1.807, 2.05) is 13.1 Å². The molecule has 2 N–H and O–H groups in total. The second-order valence-electron chi connectivity index (χ2n) is 3.68. The average Bonchev–Trinajstić information content (AvgIpc) is 2.61. The van der Waals surface area contributed by atoms with Crippen LogP contribution < -0.4 is 15.4 Å². The van der Waals surface area contributed by atoms with Gasteiger partial charge in [-0.25, -0.2) is 0 Å². The third kappa shape index (κ3) is 2.13. The van der Waals surface area contributed by atoms with Crippen LogP contribution in [0.4, 0.5) is 5.69 Å². The summed E-state index contributed by atoms with van der Waals surface area (Å²) in [5.41, 5.74) is 7.78. The molecule has 0 spiro atoms. The Morgan fingerprint density at radius 2 is 2.40 bits per heavy atom. The van der Waals surface area contributed by atoms with Crippen LogP contribution in [0.3, 0.4) is 0 Å². The van der Waals surface area contributed by atoms with E-state index in [-0.39, 0.29) is 0 Å². The summed E-state index contributed by atoms with van der Waals surface area (Å²) in [5, 5.41) is 0. The van der Waals surface area contributed by atoms with Crippen molar-refractivity contribution in [1.29, 1.82) is 0 Å². The summed E-state index contributed by atoms with van der Waals surface area (Å²) in [4.78, 5) is 2.09. The van der Waals surface area contributed by atoms with Gasteiger partial charge in [0.05, 0.1) is 5.69 Å². The van der Waals surface area contributed by atoms with Crippen molar-refractivity contribution in [3.63, 3.8) is 0 Å². The van der Waals surface area contributed by atoms with Gasteiger partial charge in [-0.05, 0) is 30.7 Å². The fourth-order valence-corrected chi connectivity index (χ4v) is 1.61. The molecule has 0 atom stereocenters. The van der Waals surface area contributed by atoms with E-state index in [9.17, 15) is 0 Å². The smallest absolute Gasteiger partial charge is 0.161 e. The molecule has 1 aliphatic rings. The molecule has 1 aromatic rings. The number of benzene rings is 1. The first-order valence-electron chi connectivity index (χ1n) is 5.16. The fraction of sp³-hybridized carbons (Fsp3) is 0.333. The van der Waals surface area contributed by atoms with Crippen molar-refractivity contribution in [3.05, 3.63) is 29.8 Å². The molecule has 15 heavy (non-hydrogen) atoms. The molecule has 0 fully saturated rings. The molecule has 1 heterocycles. The zero-order valence-corrected chi connectivity index (χ0v) is 8.94. The lowest BCUT2D eigenvalue weighted by atomic mass is 10.1. The molecule has 3 heteroatoms. The molecule has 0 amide bonds. The monoisotopic (exact) mass is 204 g/mol. The Balaban J connectivity index is 2.18. The van der Waals surface area contributed by atoms with Crippen LogP contribution in [0.1, 0.15) is 12.0 Å². The van der Waals surface area contributed by atoms with Gasteiger partial charge in [0.25, 0.3) is 0 Å². The Kier molecular flexibility index (Phi) is 2.92. The van der Waals surface area contributed by atoms with Crippen LogP contribution in [0.2, 0.25) is 0 Å². The second-order valence-corrected chi connectivity index (χ2v) is 3.68. The van der Waals surface area contributed by atoms with Gasteiger partial charge in [0.15, 0.2) is 6.73 Å². The van der Waals surface area contributed by atoms with E-state index in [4.69, 9.17) is 10.5 Å². The summed E-state index contributed by atoms with van der Waals surface area (Å²) in [7, 11) is 2.03. The first-order chi connectivity index (χ1) is 7.31. The first kappa shape index (κ1) is 10.1. The molecule has 0 saturated carbocycles. The van der Waals surface area contributed by atoms with Crippen LogP contribution >= 0.6 is 0 Å². The highest BCUT2D eigenvalue weighted by Gasteiger charge is 2.16. The maximum atomic E-state index is 5.47. The van der Waals surface area contributed by atoms with Gasteiger partial charge < -0.3 is 15.4 Å². The molecule has 0 aromatic heterocycles. The summed E-state index contributed by atoms with van der Waals surface area (Å²) < 4.78 is 5.47. The SMILES string of the molecule is CN1COc2ccc(C=CCCN)cc21. The maximum Gasteiger partial charge on any atom is 0.161 e. The number of ether oxygens (including phenoxy) is 1. The highest BCUT2D eigenvalue weighted by molar-refractivity contribution is 5.66. The zero-order valence-electron chi connectivity index (χ0n) is 8.94. The van der Waals surface area contributed by atoms with E-state index >= 15 is 0 Å². The highest BCUT2D eigenvalue weighted by Crippen LogP contribution is 2.33. The van der Waals surface area contributed by atoms with Crippen molar-refractivity contribution >= 4 is 11.8 Å². The Bertz CT molecular complexity index is 374. The zero-order chi connectivity index (χ0) is 10.7. The summed E-state index contributed by atoms with van der Waals surface area (Å²) in [5.74, 6) is 0.966. The fourth-order valence-electron chi connectivity index (χ4n) is 1.61. The third-order valence-electron chi connectivity index (χ3n) is 2.45. The van der Waals surface area contributed by atoms with Crippen LogP contribution in [-0.4, -0.2) is 20.3 Å². The Morgan fingerprint density at radius 1 is 1.53 bits per heavy atom. The molecule has 0 saturated heterocycles. The molecule has 0 radical (unpaired) electrons. The normalized spacial score (nSPS) is 14.4. The van der Waals surface area contributed by atoms with Crippen LogP contribution in [0.25, 0.3) is 6.08 Å². The number of rotatable bonds is 3. The number of fused-ring (bicyclic) bond motifs is 1. The first-order valence-corrected chi connectivity index (χ1v) is 5.16. The summed E-state index contributed by atoms with van der Waals surface area (Å²) in [6.45, 7) is 1.34. The Morgan fingerprint density at radius 3 is 3.20 bits per heavy atom. The predicted molar refractivity (Wildman–Crippen MR) is 63.0 cm³/mol. The van der Waals surface area contributed by atoms with Crippen LogP contribution in [0.15, 0.2) is 24.3 Å². The van der Waals surface area contributed by atoms with Gasteiger partial charge in [-0.3, -0.25) is 0 Å². The maximum absolute atomic E-state index is 5.47. The molecule has 2 rings (SSSR count). The van der Waals surface area contributed by atoms with E-state index in [1.165, 1.54) is 5.56 Å². The second kappa shape index (κ2) is 4.36. The number of anilines is 1. The standard InChI is InChI=1S/C12H16N2O/c1-14-9-15-12-6-5-10(8-11(12)14)4-2-3-7-13/h2,4-6,8H,3,7,9,13H2,1H3. The third-order valence-corrected chi connectivity index (χ3v) is 2.45. The van der Waals surface area contributed by atoms with Crippen molar-refractivity contribution in [3.8, 4) is 5.75 Å². The van der Waals surface area contributed by atoms with Gasteiger partial charge in [-0.15, -0.1) is 0 Å². The summed E-state index contributed by atoms with van der Waals surface area (Å²) in [6.07, 6.45) is 5.11. The molecule has 3 nitrogen and oxygen atoms in total. The topological polar surface area (TPSA) is 38.5 Å². The number of nitrogens with two attached hydrogens (primary N) is 1. The van der Waals surface area contributed by atoms with Crippen LogP contribution in [-0.2, 0) is 0 Å². The Labute approximate surface area is 90.1 Å². The molecule has 1 aliphatic heterocycles. The summed E-state index contributed by atoms with van der Waals surface area (Å²) >= 11 is 0. The summed E-state index contributed by atoms with van der Waals surface area (Å²) in [6, 6.07) is 6.21. The minimum Gasteiger partial charge on any atom is -0.471 e. The van der Waals surface area contributed by atoms with E-state index < -0.39 is 0 Å². The minimum absolute atomic E-state index is 0.644. The molecular formula is C12H16N2O. The number of hydrogen-bond donors (Lipinski definition) is 1. The van der Waals surface area contributed by atoms with Gasteiger partial charge >= 0.3 is 0 Å². The van der Waals surface area contributed by atoms with Crippen LogP contribution in [0.5, 0.6) is 5.75 Å². The van der Waals surface area contributed by atoms with E-state index in [2.05, 4.69) is 29.2 Å². The largest absolute Gasteiger partial charge is 0.471 e. The van der Waals surface area contributed by atoms with Crippen molar-refractivity contribution in [2.24, 2.45) is 5.73 Å². The van der Waals surface area contributed by atoms with Gasteiger partial charge in [0.2, 0.25) is 0 Å². The minimum atomic E-state index is 0.644. The lowest BCUT2D eigenvalue weighted by Gasteiger charge is -2.07. The van der Waals surface area contributed by atoms with E-state index in [0.29, 0.717) is 13.3 Å². The van der Waals surface area contributed by atoms with Crippen molar-refractivity contribution in [2.75, 3.05) is 25.2 Å². The number of nitrogens with zero attached hydrogens (tertiary/aromatic N) is 1. The predicted octanol–water partition coefficient (Wildman–Crippen LogP) is 1.83.